The summed E-state index contributed by atoms with van der Waals surface area (Å²) < 4.78 is 40.4. The molecule has 2 atom stereocenters. The van der Waals surface area contributed by atoms with Crippen LogP contribution < -0.4 is 15.8 Å². The zero-order valence-corrected chi connectivity index (χ0v) is 13.2. The zero-order valence-electron chi connectivity index (χ0n) is 13.2. The second kappa shape index (κ2) is 6.43. The maximum atomic E-state index is 13.5. The average molecular weight is 365 g/mol. The monoisotopic (exact) mass is 365 g/mol. The first-order valence-electron chi connectivity index (χ1n) is 7.56. The van der Waals surface area contributed by atoms with Gasteiger partial charge in [-0.2, -0.15) is 18.6 Å². The van der Waals surface area contributed by atoms with E-state index in [1.165, 1.54) is 48.5 Å². The highest BCUT2D eigenvalue weighted by Gasteiger charge is 2.67. The quantitative estimate of drug-likeness (QED) is 0.772. The van der Waals surface area contributed by atoms with E-state index in [2.05, 4.69) is 0 Å². The number of hydrazine groups is 1. The van der Waals surface area contributed by atoms with Crippen molar-refractivity contribution < 1.29 is 27.9 Å². The molecule has 1 saturated heterocycles. The van der Waals surface area contributed by atoms with Crippen molar-refractivity contribution >= 4 is 17.5 Å². The van der Waals surface area contributed by atoms with Gasteiger partial charge in [0, 0.05) is 5.56 Å². The number of nitrogens with zero attached hydrogens (tertiary/aromatic N) is 1. The van der Waals surface area contributed by atoms with Gasteiger partial charge in [0.15, 0.2) is 6.04 Å². The van der Waals surface area contributed by atoms with Crippen LogP contribution in [-0.4, -0.2) is 34.9 Å². The number of alkyl halides is 3. The van der Waals surface area contributed by atoms with Gasteiger partial charge >= 0.3 is 6.18 Å². The van der Waals surface area contributed by atoms with E-state index in [9.17, 15) is 27.9 Å². The molecule has 2 aromatic carbocycles. The van der Waals surface area contributed by atoms with Crippen molar-refractivity contribution in [1.82, 2.24) is 10.7 Å². The van der Waals surface area contributed by atoms with E-state index in [1.807, 2.05) is 5.32 Å². The smallest absolute Gasteiger partial charge is 0.365 e. The van der Waals surface area contributed by atoms with Gasteiger partial charge in [0.05, 0.1) is 5.69 Å². The molecule has 6 nitrogen and oxygen atoms in total. The number of carbonyl (C=O) groups excluding carboxylic acids is 2. The normalized spacial score (nSPS) is 23.2. The summed E-state index contributed by atoms with van der Waals surface area (Å²) in [5.41, 5.74) is -1.72. The molecule has 1 heterocycles. The van der Waals surface area contributed by atoms with Crippen LogP contribution >= 0.6 is 0 Å². The van der Waals surface area contributed by atoms with Gasteiger partial charge in [-0.25, -0.2) is 5.01 Å². The first-order chi connectivity index (χ1) is 12.2. The van der Waals surface area contributed by atoms with E-state index in [0.717, 1.165) is 0 Å². The Kier molecular flexibility index (Phi) is 4.43. The fourth-order valence-corrected chi connectivity index (χ4v) is 2.56. The molecule has 26 heavy (non-hydrogen) atoms. The van der Waals surface area contributed by atoms with Gasteiger partial charge in [0.1, 0.15) is 0 Å². The van der Waals surface area contributed by atoms with Gasteiger partial charge in [0.25, 0.3) is 17.5 Å². The fraction of sp³-hybridized carbons (Fsp3) is 0.176. The molecule has 0 aromatic heterocycles. The van der Waals surface area contributed by atoms with Crippen molar-refractivity contribution in [2.45, 2.75) is 17.9 Å². The number of rotatable bonds is 3. The standard InChI is InChI=1S/C17H14F3N3O3/c18-17(19,20)16(26)13(21-14(24)11-7-3-1-4-8-11)15(25)23(22-16)12-9-5-2-6-10-12/h1-10,13,22,26H,(H,21,24). The van der Waals surface area contributed by atoms with Crippen LogP contribution in [0.4, 0.5) is 18.9 Å². The lowest BCUT2D eigenvalue weighted by Gasteiger charge is -2.30. The summed E-state index contributed by atoms with van der Waals surface area (Å²) >= 11 is 0. The largest absolute Gasteiger partial charge is 0.435 e. The lowest BCUT2D eigenvalue weighted by atomic mass is 10.0. The summed E-state index contributed by atoms with van der Waals surface area (Å²) in [7, 11) is 0. The number of amides is 2. The highest BCUT2D eigenvalue weighted by Crippen LogP contribution is 2.37. The Morgan fingerprint density at radius 3 is 2.15 bits per heavy atom. The Morgan fingerprint density at radius 2 is 1.62 bits per heavy atom. The van der Waals surface area contributed by atoms with Crippen LogP contribution in [0.5, 0.6) is 0 Å². The van der Waals surface area contributed by atoms with Gasteiger partial charge in [-0.15, -0.1) is 0 Å². The Hall–Kier alpha value is -2.91. The predicted molar refractivity (Wildman–Crippen MR) is 85.8 cm³/mol. The molecule has 2 amide bonds. The number of hydrogen-bond acceptors (Lipinski definition) is 4. The van der Waals surface area contributed by atoms with Gasteiger partial charge in [-0.1, -0.05) is 36.4 Å². The SMILES string of the molecule is O=C(NC1C(=O)N(c2ccccc2)NC1(O)C(F)(F)F)c1ccccc1. The van der Waals surface area contributed by atoms with Crippen LogP contribution in [0, 0.1) is 0 Å². The molecule has 0 bridgehead atoms. The number of hydrogen-bond donors (Lipinski definition) is 3. The number of para-hydroxylation sites is 1. The summed E-state index contributed by atoms with van der Waals surface area (Å²) in [5, 5.41) is 12.7. The topological polar surface area (TPSA) is 81.7 Å². The van der Waals surface area contributed by atoms with E-state index in [-0.39, 0.29) is 11.3 Å². The minimum atomic E-state index is -5.22. The number of benzene rings is 2. The Bertz CT molecular complexity index is 814. The van der Waals surface area contributed by atoms with Gasteiger partial charge in [-0.05, 0) is 24.3 Å². The lowest BCUT2D eigenvalue weighted by molar-refractivity contribution is -0.272. The molecular formula is C17H14F3N3O3. The summed E-state index contributed by atoms with van der Waals surface area (Å²) in [6.45, 7) is 0. The molecule has 1 aliphatic heterocycles. The van der Waals surface area contributed by atoms with Crippen LogP contribution in [0.25, 0.3) is 0 Å². The molecule has 3 rings (SSSR count). The van der Waals surface area contributed by atoms with Gasteiger partial charge < -0.3 is 10.4 Å². The third kappa shape index (κ3) is 3.02. The van der Waals surface area contributed by atoms with E-state index >= 15 is 0 Å². The molecule has 0 saturated carbocycles. The Labute approximate surface area is 146 Å². The van der Waals surface area contributed by atoms with E-state index in [4.69, 9.17) is 0 Å². The maximum Gasteiger partial charge on any atom is 0.435 e. The van der Waals surface area contributed by atoms with E-state index in [1.54, 1.807) is 17.6 Å². The van der Waals surface area contributed by atoms with Crippen molar-refractivity contribution in [2.75, 3.05) is 5.01 Å². The third-order valence-corrected chi connectivity index (χ3v) is 3.93. The van der Waals surface area contributed by atoms with Crippen LogP contribution in [0.3, 0.4) is 0 Å². The van der Waals surface area contributed by atoms with Crippen molar-refractivity contribution in [3.05, 3.63) is 66.2 Å². The van der Waals surface area contributed by atoms with Crippen LogP contribution in [-0.2, 0) is 4.79 Å². The number of aliphatic hydroxyl groups is 1. The van der Waals surface area contributed by atoms with Crippen LogP contribution in [0.2, 0.25) is 0 Å². The van der Waals surface area contributed by atoms with Gasteiger partial charge in [-0.3, -0.25) is 9.59 Å². The molecule has 3 N–H and O–H groups in total. The summed E-state index contributed by atoms with van der Waals surface area (Å²) in [6, 6.07) is 12.6. The van der Waals surface area contributed by atoms with Crippen molar-refractivity contribution in [1.29, 1.82) is 0 Å². The molecular weight excluding hydrogens is 351 g/mol. The minimum absolute atomic E-state index is 0.0583. The number of halogens is 3. The summed E-state index contributed by atoms with van der Waals surface area (Å²) in [6.07, 6.45) is -5.22. The first kappa shape index (κ1) is 17.9. The lowest BCUT2D eigenvalue weighted by Crippen LogP contribution is -2.65. The number of carbonyl (C=O) groups is 2. The maximum absolute atomic E-state index is 13.5. The molecule has 2 unspecified atom stereocenters. The molecule has 0 aliphatic carbocycles. The van der Waals surface area contributed by atoms with Crippen LogP contribution in [0.1, 0.15) is 10.4 Å². The highest BCUT2D eigenvalue weighted by molar-refractivity contribution is 6.04. The molecule has 2 aromatic rings. The molecule has 0 radical (unpaired) electrons. The summed E-state index contributed by atoms with van der Waals surface area (Å²) in [4.78, 5) is 24.7. The second-order valence-corrected chi connectivity index (χ2v) is 5.66. The average Bonchev–Trinajstić information content (AvgIpc) is 2.89. The van der Waals surface area contributed by atoms with Crippen LogP contribution in [0.15, 0.2) is 60.7 Å². The fourth-order valence-electron chi connectivity index (χ4n) is 2.56. The molecule has 9 heteroatoms. The predicted octanol–water partition coefficient (Wildman–Crippen LogP) is 1.59. The van der Waals surface area contributed by atoms with Crippen molar-refractivity contribution in [3.8, 4) is 0 Å². The molecule has 1 fully saturated rings. The molecule has 1 aliphatic rings. The van der Waals surface area contributed by atoms with Crippen molar-refractivity contribution in [2.24, 2.45) is 0 Å². The highest BCUT2D eigenvalue weighted by atomic mass is 19.4. The number of nitrogens with one attached hydrogen (secondary N) is 2. The van der Waals surface area contributed by atoms with Gasteiger partial charge in [0.2, 0.25) is 0 Å². The third-order valence-electron chi connectivity index (χ3n) is 3.93. The Morgan fingerprint density at radius 1 is 1.08 bits per heavy atom. The zero-order chi connectivity index (χ0) is 18.9. The Balaban J connectivity index is 1.95. The second-order valence-electron chi connectivity index (χ2n) is 5.66. The van der Waals surface area contributed by atoms with E-state index < -0.39 is 29.8 Å². The summed E-state index contributed by atoms with van der Waals surface area (Å²) in [5.74, 6) is -2.05. The first-order valence-corrected chi connectivity index (χ1v) is 7.56. The molecule has 0 spiro atoms. The molecule has 136 valence electrons. The minimum Gasteiger partial charge on any atom is -0.365 e. The van der Waals surface area contributed by atoms with E-state index in [0.29, 0.717) is 5.01 Å². The van der Waals surface area contributed by atoms with Crippen molar-refractivity contribution in [3.63, 3.8) is 0 Å². The number of anilines is 1.